The molecule has 0 aliphatic rings. The SMILES string of the molecule is CCCNCC(CCS(=O)(=O)CC)Cc1ccccc1C. The minimum atomic E-state index is -2.88. The van der Waals surface area contributed by atoms with Gasteiger partial charge in [-0.05, 0) is 56.3 Å². The third-order valence-corrected chi connectivity index (χ3v) is 5.64. The van der Waals surface area contributed by atoms with Crippen LogP contribution >= 0.6 is 0 Å². The standard InChI is InChI=1S/C17H29NO2S/c1-4-11-18-14-16(10-12-21(19,20)5-2)13-17-9-7-6-8-15(17)3/h6-9,16,18H,4-5,10-14H2,1-3H3. The zero-order valence-electron chi connectivity index (χ0n) is 13.6. The average Bonchev–Trinajstić information content (AvgIpc) is 2.47. The largest absolute Gasteiger partial charge is 0.316 e. The lowest BCUT2D eigenvalue weighted by atomic mass is 9.94. The average molecular weight is 311 g/mol. The Hall–Kier alpha value is -0.870. The van der Waals surface area contributed by atoms with Gasteiger partial charge in [-0.25, -0.2) is 8.42 Å². The van der Waals surface area contributed by atoms with Crippen molar-refractivity contribution in [2.75, 3.05) is 24.6 Å². The van der Waals surface area contributed by atoms with E-state index < -0.39 is 9.84 Å². The third-order valence-electron chi connectivity index (χ3n) is 3.91. The molecule has 0 heterocycles. The summed E-state index contributed by atoms with van der Waals surface area (Å²) in [7, 11) is -2.88. The quantitative estimate of drug-likeness (QED) is 0.676. The van der Waals surface area contributed by atoms with Gasteiger partial charge in [-0.15, -0.1) is 0 Å². The summed E-state index contributed by atoms with van der Waals surface area (Å²) in [4.78, 5) is 0. The molecule has 0 spiro atoms. The molecule has 21 heavy (non-hydrogen) atoms. The van der Waals surface area contributed by atoms with E-state index in [-0.39, 0.29) is 5.75 Å². The van der Waals surface area contributed by atoms with E-state index in [2.05, 4.69) is 37.4 Å². The number of aryl methyl sites for hydroxylation is 1. The summed E-state index contributed by atoms with van der Waals surface area (Å²) in [6.45, 7) is 7.87. The summed E-state index contributed by atoms with van der Waals surface area (Å²) in [6.07, 6.45) is 2.79. The first-order valence-corrected chi connectivity index (χ1v) is 9.76. The van der Waals surface area contributed by atoms with Gasteiger partial charge in [0.1, 0.15) is 9.84 Å². The Bertz CT molecular complexity index is 511. The normalized spacial score (nSPS) is 13.3. The van der Waals surface area contributed by atoms with Gasteiger partial charge in [0, 0.05) is 5.75 Å². The maximum Gasteiger partial charge on any atom is 0.150 e. The predicted molar refractivity (Wildman–Crippen MR) is 90.5 cm³/mol. The lowest BCUT2D eigenvalue weighted by Crippen LogP contribution is -2.27. The first-order chi connectivity index (χ1) is 9.98. The monoisotopic (exact) mass is 311 g/mol. The molecular weight excluding hydrogens is 282 g/mol. The molecule has 1 aromatic carbocycles. The van der Waals surface area contributed by atoms with Crippen LogP contribution in [-0.2, 0) is 16.3 Å². The topological polar surface area (TPSA) is 46.2 Å². The van der Waals surface area contributed by atoms with Gasteiger partial charge in [0.25, 0.3) is 0 Å². The molecule has 0 aliphatic heterocycles. The number of hydrogen-bond donors (Lipinski definition) is 1. The molecule has 4 heteroatoms. The van der Waals surface area contributed by atoms with Gasteiger partial charge in [-0.2, -0.15) is 0 Å². The molecule has 1 unspecified atom stereocenters. The number of sulfone groups is 1. The highest BCUT2D eigenvalue weighted by Gasteiger charge is 2.15. The molecule has 0 aliphatic carbocycles. The zero-order chi connectivity index (χ0) is 15.7. The van der Waals surface area contributed by atoms with E-state index in [4.69, 9.17) is 0 Å². The molecular formula is C17H29NO2S. The van der Waals surface area contributed by atoms with E-state index in [0.717, 1.165) is 32.4 Å². The molecule has 1 N–H and O–H groups in total. The highest BCUT2D eigenvalue weighted by atomic mass is 32.2. The minimum absolute atomic E-state index is 0.243. The molecule has 0 amide bonds. The van der Waals surface area contributed by atoms with E-state index in [1.807, 2.05) is 6.07 Å². The van der Waals surface area contributed by atoms with Crippen molar-refractivity contribution in [3.05, 3.63) is 35.4 Å². The molecule has 1 aromatic rings. The summed E-state index contributed by atoms with van der Waals surface area (Å²) >= 11 is 0. The Morgan fingerprint density at radius 2 is 1.90 bits per heavy atom. The molecule has 0 aromatic heterocycles. The predicted octanol–water partition coefficient (Wildman–Crippen LogP) is 2.98. The number of rotatable bonds is 10. The molecule has 0 saturated carbocycles. The van der Waals surface area contributed by atoms with Crippen molar-refractivity contribution in [3.8, 4) is 0 Å². The summed E-state index contributed by atoms with van der Waals surface area (Å²) in [6, 6.07) is 8.37. The van der Waals surface area contributed by atoms with Crippen molar-refractivity contribution in [2.24, 2.45) is 5.92 Å². The van der Waals surface area contributed by atoms with Crippen molar-refractivity contribution in [1.82, 2.24) is 5.32 Å². The second kappa shape index (κ2) is 9.21. The summed E-state index contributed by atoms with van der Waals surface area (Å²) < 4.78 is 23.5. The number of nitrogens with one attached hydrogen (secondary N) is 1. The number of hydrogen-bond acceptors (Lipinski definition) is 3. The maximum absolute atomic E-state index is 11.7. The fourth-order valence-corrected chi connectivity index (χ4v) is 3.38. The molecule has 1 rings (SSSR count). The number of benzene rings is 1. The second-order valence-corrected chi connectivity index (χ2v) is 8.20. The molecule has 0 radical (unpaired) electrons. The smallest absolute Gasteiger partial charge is 0.150 e. The third kappa shape index (κ3) is 7.09. The Kier molecular flexibility index (Phi) is 7.97. The molecule has 0 fully saturated rings. The van der Waals surface area contributed by atoms with Gasteiger partial charge in [-0.1, -0.05) is 38.1 Å². The van der Waals surface area contributed by atoms with Crippen LogP contribution in [0, 0.1) is 12.8 Å². The lowest BCUT2D eigenvalue weighted by Gasteiger charge is -2.19. The fourth-order valence-electron chi connectivity index (χ4n) is 2.40. The van der Waals surface area contributed by atoms with Gasteiger partial charge < -0.3 is 5.32 Å². The van der Waals surface area contributed by atoms with Crippen LogP contribution in [0.3, 0.4) is 0 Å². The van der Waals surface area contributed by atoms with E-state index >= 15 is 0 Å². The zero-order valence-corrected chi connectivity index (χ0v) is 14.4. The van der Waals surface area contributed by atoms with E-state index in [1.165, 1.54) is 11.1 Å². The van der Waals surface area contributed by atoms with Crippen LogP contribution in [0.1, 0.15) is 37.8 Å². The lowest BCUT2D eigenvalue weighted by molar-refractivity contribution is 0.458. The molecule has 0 bridgehead atoms. The van der Waals surface area contributed by atoms with Crippen molar-refractivity contribution < 1.29 is 8.42 Å². The van der Waals surface area contributed by atoms with Crippen LogP contribution in [0.15, 0.2) is 24.3 Å². The first kappa shape index (κ1) is 18.2. The Balaban J connectivity index is 2.65. The second-order valence-electron chi connectivity index (χ2n) is 5.73. The fraction of sp³-hybridized carbons (Fsp3) is 0.647. The molecule has 1 atom stereocenters. The van der Waals surface area contributed by atoms with E-state index in [9.17, 15) is 8.42 Å². The first-order valence-electron chi connectivity index (χ1n) is 7.94. The maximum atomic E-state index is 11.7. The van der Waals surface area contributed by atoms with Crippen LogP contribution in [0.5, 0.6) is 0 Å². The van der Waals surface area contributed by atoms with Crippen LogP contribution in [0.4, 0.5) is 0 Å². The van der Waals surface area contributed by atoms with Crippen LogP contribution in [0.25, 0.3) is 0 Å². The Morgan fingerprint density at radius 3 is 2.52 bits per heavy atom. The highest BCUT2D eigenvalue weighted by molar-refractivity contribution is 7.91. The van der Waals surface area contributed by atoms with E-state index in [0.29, 0.717) is 11.7 Å². The van der Waals surface area contributed by atoms with E-state index in [1.54, 1.807) is 6.92 Å². The van der Waals surface area contributed by atoms with Gasteiger partial charge in [0.15, 0.2) is 0 Å². The van der Waals surface area contributed by atoms with Gasteiger partial charge in [0.05, 0.1) is 5.75 Å². The molecule has 0 saturated heterocycles. The van der Waals surface area contributed by atoms with Crippen molar-refractivity contribution >= 4 is 9.84 Å². The Morgan fingerprint density at radius 1 is 1.19 bits per heavy atom. The van der Waals surface area contributed by atoms with Crippen molar-refractivity contribution in [1.29, 1.82) is 0 Å². The summed E-state index contributed by atoms with van der Waals surface area (Å²) in [5.41, 5.74) is 2.62. The van der Waals surface area contributed by atoms with Gasteiger partial charge in [0.2, 0.25) is 0 Å². The summed E-state index contributed by atoms with van der Waals surface area (Å²) in [5.74, 6) is 0.916. The van der Waals surface area contributed by atoms with Gasteiger partial charge in [-0.3, -0.25) is 0 Å². The summed E-state index contributed by atoms with van der Waals surface area (Å²) in [5, 5.41) is 3.43. The van der Waals surface area contributed by atoms with Crippen LogP contribution in [0.2, 0.25) is 0 Å². The molecule has 120 valence electrons. The van der Waals surface area contributed by atoms with Crippen molar-refractivity contribution in [3.63, 3.8) is 0 Å². The van der Waals surface area contributed by atoms with Gasteiger partial charge >= 0.3 is 0 Å². The molecule has 3 nitrogen and oxygen atoms in total. The van der Waals surface area contributed by atoms with Crippen molar-refractivity contribution in [2.45, 2.75) is 40.0 Å². The van der Waals surface area contributed by atoms with Crippen LogP contribution < -0.4 is 5.32 Å². The Labute approximate surface area is 130 Å². The van der Waals surface area contributed by atoms with Crippen LogP contribution in [-0.4, -0.2) is 33.0 Å². The highest BCUT2D eigenvalue weighted by Crippen LogP contribution is 2.16. The minimum Gasteiger partial charge on any atom is -0.316 e.